The fourth-order valence-corrected chi connectivity index (χ4v) is 4.78. The summed E-state index contributed by atoms with van der Waals surface area (Å²) in [5.74, 6) is 0.134. The smallest absolute Gasteiger partial charge is 0.303 e. The van der Waals surface area contributed by atoms with Crippen LogP contribution < -0.4 is 9.64 Å². The van der Waals surface area contributed by atoms with Crippen LogP contribution in [-0.4, -0.2) is 25.5 Å². The second kappa shape index (κ2) is 14.7. The molecule has 0 heterocycles. The Morgan fingerprint density at radius 3 is 1.58 bits per heavy atom. The Kier molecular flexibility index (Phi) is 10.0. The SMILES string of the molecule is COc1ccc(/C=C/c2ccc(N(c3ccc(C)cc3)c3ccc(/C=C/c4cccc(C(=O)COC(C)=O)c4)cc3)cc2)cc1. The van der Waals surface area contributed by atoms with E-state index < -0.39 is 5.97 Å². The lowest BCUT2D eigenvalue weighted by atomic mass is 10.1. The lowest BCUT2D eigenvalue weighted by Gasteiger charge is -2.26. The molecule has 0 spiro atoms. The number of anilines is 3. The number of rotatable bonds is 11. The number of carbonyl (C=O) groups excluding carboxylic acids is 2. The number of nitrogens with zero attached hydrogens (tertiary/aromatic N) is 1. The minimum absolute atomic E-state index is 0.234. The van der Waals surface area contributed by atoms with Gasteiger partial charge >= 0.3 is 5.97 Å². The van der Waals surface area contributed by atoms with E-state index in [1.807, 2.05) is 48.6 Å². The standard InChI is InChI=1S/C40H35NO4/c1-29-7-19-36(20-8-29)41(37-21-13-31(14-22-37)9-10-33-17-25-39(44-3)26-18-33)38-23-15-32(16-24-38)11-12-34-5-4-6-35(27-34)40(43)28-45-30(2)42/h4-27H,28H2,1-3H3/b10-9+,12-11+. The van der Waals surface area contributed by atoms with E-state index in [9.17, 15) is 9.59 Å². The summed E-state index contributed by atoms with van der Waals surface area (Å²) in [5, 5.41) is 0. The third kappa shape index (κ3) is 8.46. The number of methoxy groups -OCH3 is 1. The highest BCUT2D eigenvalue weighted by Gasteiger charge is 2.12. The van der Waals surface area contributed by atoms with Crippen molar-refractivity contribution >= 4 is 53.1 Å². The number of hydrogen-bond acceptors (Lipinski definition) is 5. The molecule has 5 nitrogen and oxygen atoms in total. The third-order valence-electron chi connectivity index (χ3n) is 7.26. The number of aryl methyl sites for hydroxylation is 1. The summed E-state index contributed by atoms with van der Waals surface area (Å²) in [6.45, 7) is 3.12. The van der Waals surface area contributed by atoms with Crippen molar-refractivity contribution in [3.05, 3.63) is 155 Å². The lowest BCUT2D eigenvalue weighted by Crippen LogP contribution is -2.11. The van der Waals surface area contributed by atoms with Crippen LogP contribution in [0, 0.1) is 6.92 Å². The first kappa shape index (κ1) is 30.8. The van der Waals surface area contributed by atoms with E-state index >= 15 is 0 Å². The van der Waals surface area contributed by atoms with Gasteiger partial charge in [-0.2, -0.15) is 0 Å². The van der Waals surface area contributed by atoms with Gasteiger partial charge in [-0.25, -0.2) is 0 Å². The van der Waals surface area contributed by atoms with E-state index in [0.29, 0.717) is 5.56 Å². The molecule has 0 saturated carbocycles. The number of ether oxygens (including phenoxy) is 2. The van der Waals surface area contributed by atoms with Crippen molar-refractivity contribution in [2.45, 2.75) is 13.8 Å². The van der Waals surface area contributed by atoms with Crippen LogP contribution in [0.1, 0.15) is 45.1 Å². The van der Waals surface area contributed by atoms with Gasteiger partial charge < -0.3 is 14.4 Å². The molecule has 0 bridgehead atoms. The van der Waals surface area contributed by atoms with E-state index in [-0.39, 0.29) is 12.4 Å². The van der Waals surface area contributed by atoms with Crippen molar-refractivity contribution < 1.29 is 19.1 Å². The minimum atomic E-state index is -0.473. The molecule has 0 aliphatic rings. The largest absolute Gasteiger partial charge is 0.497 e. The Labute approximate surface area is 264 Å². The zero-order chi connectivity index (χ0) is 31.6. The Balaban J connectivity index is 1.34. The first-order valence-corrected chi connectivity index (χ1v) is 14.7. The van der Waals surface area contributed by atoms with Crippen molar-refractivity contribution in [2.24, 2.45) is 0 Å². The summed E-state index contributed by atoms with van der Waals surface area (Å²) in [6.07, 6.45) is 8.18. The molecule has 45 heavy (non-hydrogen) atoms. The van der Waals surface area contributed by atoms with Gasteiger partial charge in [0.25, 0.3) is 0 Å². The summed E-state index contributed by atoms with van der Waals surface area (Å²) in [7, 11) is 1.67. The van der Waals surface area contributed by atoms with Crippen LogP contribution in [0.25, 0.3) is 24.3 Å². The molecule has 5 rings (SSSR count). The maximum Gasteiger partial charge on any atom is 0.303 e. The lowest BCUT2D eigenvalue weighted by molar-refractivity contribution is -0.139. The molecule has 0 fully saturated rings. The summed E-state index contributed by atoms with van der Waals surface area (Å²) >= 11 is 0. The molecular formula is C40H35NO4. The van der Waals surface area contributed by atoms with Crippen molar-refractivity contribution in [3.63, 3.8) is 0 Å². The number of benzene rings is 5. The predicted octanol–water partition coefficient (Wildman–Crippen LogP) is 9.56. The number of hydrogen-bond donors (Lipinski definition) is 0. The monoisotopic (exact) mass is 593 g/mol. The zero-order valence-corrected chi connectivity index (χ0v) is 25.6. The highest BCUT2D eigenvalue weighted by molar-refractivity contribution is 5.98. The van der Waals surface area contributed by atoms with E-state index in [1.165, 1.54) is 12.5 Å². The Hall–Kier alpha value is -5.68. The summed E-state index contributed by atoms with van der Waals surface area (Å²) in [6, 6.07) is 40.7. The fourth-order valence-electron chi connectivity index (χ4n) is 4.78. The van der Waals surface area contributed by atoms with Crippen LogP contribution in [0.5, 0.6) is 5.75 Å². The van der Waals surface area contributed by atoms with Crippen molar-refractivity contribution in [1.82, 2.24) is 0 Å². The first-order chi connectivity index (χ1) is 21.9. The topological polar surface area (TPSA) is 55.8 Å². The number of ketones is 1. The van der Waals surface area contributed by atoms with Crippen LogP contribution in [0.15, 0.2) is 121 Å². The second-order valence-electron chi connectivity index (χ2n) is 10.6. The molecule has 0 atom stereocenters. The molecule has 0 amide bonds. The Morgan fingerprint density at radius 1 is 0.622 bits per heavy atom. The van der Waals surface area contributed by atoms with Gasteiger partial charge in [-0.15, -0.1) is 0 Å². The minimum Gasteiger partial charge on any atom is -0.497 e. The first-order valence-electron chi connectivity index (χ1n) is 14.7. The van der Waals surface area contributed by atoms with Crippen LogP contribution in [0.2, 0.25) is 0 Å². The van der Waals surface area contributed by atoms with Crippen molar-refractivity contribution in [3.8, 4) is 5.75 Å². The van der Waals surface area contributed by atoms with Crippen LogP contribution in [-0.2, 0) is 9.53 Å². The molecule has 0 aliphatic heterocycles. The van der Waals surface area contributed by atoms with E-state index in [2.05, 4.69) is 96.8 Å². The maximum absolute atomic E-state index is 12.3. The van der Waals surface area contributed by atoms with Crippen molar-refractivity contribution in [2.75, 3.05) is 18.6 Å². The molecule has 5 heteroatoms. The summed E-state index contributed by atoms with van der Waals surface area (Å²) < 4.78 is 10.1. The molecule has 224 valence electrons. The second-order valence-corrected chi connectivity index (χ2v) is 10.6. The number of carbonyl (C=O) groups is 2. The van der Waals surface area contributed by atoms with Gasteiger partial charge in [-0.1, -0.05) is 96.6 Å². The number of esters is 1. The van der Waals surface area contributed by atoms with E-state index in [1.54, 1.807) is 19.2 Å². The quantitative estimate of drug-likeness (QED) is 0.0867. The average Bonchev–Trinajstić information content (AvgIpc) is 3.07. The molecule has 5 aromatic rings. The van der Waals surface area contributed by atoms with Gasteiger partial charge in [-0.05, 0) is 83.8 Å². The third-order valence-corrected chi connectivity index (χ3v) is 7.26. The molecule has 0 saturated heterocycles. The highest BCUT2D eigenvalue weighted by atomic mass is 16.5. The molecule has 0 radical (unpaired) electrons. The van der Waals surface area contributed by atoms with Crippen LogP contribution in [0.3, 0.4) is 0 Å². The maximum atomic E-state index is 12.3. The van der Waals surface area contributed by atoms with Crippen molar-refractivity contribution in [1.29, 1.82) is 0 Å². The molecule has 5 aromatic carbocycles. The van der Waals surface area contributed by atoms with Gasteiger partial charge in [0.2, 0.25) is 0 Å². The number of Topliss-reactive ketones (excluding diaryl/α,β-unsaturated/α-hetero) is 1. The molecule has 0 N–H and O–H groups in total. The van der Waals surface area contributed by atoms with Gasteiger partial charge in [0.15, 0.2) is 12.4 Å². The Morgan fingerprint density at radius 2 is 1.09 bits per heavy atom. The Bertz CT molecular complexity index is 1800. The average molecular weight is 594 g/mol. The fraction of sp³-hybridized carbons (Fsp3) is 0.100. The van der Waals surface area contributed by atoms with Crippen LogP contribution >= 0.6 is 0 Å². The molecule has 0 unspecified atom stereocenters. The molecule has 0 aliphatic carbocycles. The van der Waals surface area contributed by atoms with Crippen LogP contribution in [0.4, 0.5) is 17.1 Å². The molecular weight excluding hydrogens is 558 g/mol. The van der Waals surface area contributed by atoms with Gasteiger partial charge in [0.1, 0.15) is 5.75 Å². The van der Waals surface area contributed by atoms with Gasteiger partial charge in [0.05, 0.1) is 7.11 Å². The predicted molar refractivity (Wildman–Crippen MR) is 184 cm³/mol. The van der Waals surface area contributed by atoms with Gasteiger partial charge in [-0.3, -0.25) is 9.59 Å². The zero-order valence-electron chi connectivity index (χ0n) is 25.6. The van der Waals surface area contributed by atoms with E-state index in [4.69, 9.17) is 9.47 Å². The summed E-state index contributed by atoms with van der Waals surface area (Å²) in [5.41, 5.74) is 9.00. The summed E-state index contributed by atoms with van der Waals surface area (Å²) in [4.78, 5) is 25.6. The van der Waals surface area contributed by atoms with E-state index in [0.717, 1.165) is 45.1 Å². The highest BCUT2D eigenvalue weighted by Crippen LogP contribution is 2.35. The molecule has 0 aromatic heterocycles. The van der Waals surface area contributed by atoms with Gasteiger partial charge in [0, 0.05) is 29.5 Å². The normalized spacial score (nSPS) is 11.1.